The van der Waals surface area contributed by atoms with Crippen molar-refractivity contribution in [3.63, 3.8) is 0 Å². The lowest BCUT2D eigenvalue weighted by Crippen LogP contribution is -2.54. The Hall–Kier alpha value is -3.24. The molecule has 18 heteroatoms. The number of hydrogen-bond acceptors (Lipinski definition) is 5. The molecule has 3 aliphatic heterocycles. The molecule has 1 aromatic carbocycles. The fourth-order valence-electron chi connectivity index (χ4n) is 6.11. The van der Waals surface area contributed by atoms with Gasteiger partial charge in [0.2, 0.25) is 5.91 Å². The SMILES string of the molecule is CN(C(=O)C1C2CC(F)(F)CN2C2(C(=O)Nc3c(Cl)cc(Cl)cc32)C1C(=O)O)c1cc(C(F)(F)F)cc(C(F)(F)F)n1. The third-order valence-electron chi connectivity index (χ3n) is 7.69. The van der Waals surface area contributed by atoms with Gasteiger partial charge in [0.25, 0.3) is 11.8 Å². The van der Waals surface area contributed by atoms with Crippen molar-refractivity contribution >= 4 is 52.5 Å². The number of carbonyl (C=O) groups excluding carboxylic acids is 2. The molecular weight excluding hydrogens is 631 g/mol. The number of fused-ring (bicyclic) bond motifs is 4. The lowest BCUT2D eigenvalue weighted by Gasteiger charge is -2.36. The first-order valence-corrected chi connectivity index (χ1v) is 12.6. The first kappa shape index (κ1) is 30.2. The standard InChI is InChI=1S/C24H16Cl2F8N4O4/c1-37(14-3-8(23(29,30)31)2-13(35-14)24(32,33)34)18(39)15-12-6-21(27,28)7-38(12)22(16(15)19(40)41)10-4-9(25)5-11(26)17(10)36-20(22)42/h2-5,12,15-16H,6-7H2,1H3,(H,36,42)(H,40,41). The van der Waals surface area contributed by atoms with Crippen LogP contribution in [0.15, 0.2) is 24.3 Å². The van der Waals surface area contributed by atoms with Gasteiger partial charge in [-0.05, 0) is 24.3 Å². The smallest absolute Gasteiger partial charge is 0.433 e. The van der Waals surface area contributed by atoms with Crippen LogP contribution in [0.1, 0.15) is 23.2 Å². The van der Waals surface area contributed by atoms with Crippen LogP contribution in [0, 0.1) is 11.8 Å². The number of alkyl halides is 8. The first-order valence-electron chi connectivity index (χ1n) is 11.8. The number of halogens is 10. The highest BCUT2D eigenvalue weighted by Gasteiger charge is 2.74. The van der Waals surface area contributed by atoms with E-state index in [1.54, 1.807) is 0 Å². The normalized spacial score (nSPS) is 26.7. The number of nitrogens with zero attached hydrogens (tertiary/aromatic N) is 3. The van der Waals surface area contributed by atoms with Gasteiger partial charge in [0.15, 0.2) is 0 Å². The van der Waals surface area contributed by atoms with Gasteiger partial charge in [0, 0.05) is 30.1 Å². The molecule has 0 saturated carbocycles. The van der Waals surface area contributed by atoms with Crippen LogP contribution in [0.5, 0.6) is 0 Å². The average Bonchev–Trinajstić information content (AvgIpc) is 3.42. The Labute approximate surface area is 240 Å². The monoisotopic (exact) mass is 646 g/mol. The highest BCUT2D eigenvalue weighted by molar-refractivity contribution is 6.38. The predicted molar refractivity (Wildman–Crippen MR) is 129 cm³/mol. The van der Waals surface area contributed by atoms with E-state index in [1.807, 2.05) is 0 Å². The molecule has 4 heterocycles. The highest BCUT2D eigenvalue weighted by Crippen LogP contribution is 2.61. The zero-order valence-electron chi connectivity index (χ0n) is 20.7. The fourth-order valence-corrected chi connectivity index (χ4v) is 6.65. The lowest BCUT2D eigenvalue weighted by atomic mass is 9.73. The maximum atomic E-state index is 14.9. The van der Waals surface area contributed by atoms with Crippen molar-refractivity contribution in [2.75, 3.05) is 23.8 Å². The van der Waals surface area contributed by atoms with Gasteiger partial charge < -0.3 is 10.4 Å². The Bertz CT molecular complexity index is 1500. The van der Waals surface area contributed by atoms with Crippen molar-refractivity contribution in [3.05, 3.63) is 51.1 Å². The highest BCUT2D eigenvalue weighted by atomic mass is 35.5. The summed E-state index contributed by atoms with van der Waals surface area (Å²) < 4.78 is 110. The van der Waals surface area contributed by atoms with Crippen LogP contribution >= 0.6 is 23.2 Å². The van der Waals surface area contributed by atoms with Crippen molar-refractivity contribution < 1.29 is 54.6 Å². The second kappa shape index (κ2) is 9.38. The third kappa shape index (κ3) is 4.45. The molecular formula is C24H16Cl2F8N4O4. The van der Waals surface area contributed by atoms with E-state index in [9.17, 15) is 54.6 Å². The third-order valence-corrected chi connectivity index (χ3v) is 8.21. The number of hydrogen-bond donors (Lipinski definition) is 2. The molecule has 42 heavy (non-hydrogen) atoms. The molecule has 2 N–H and O–H groups in total. The second-order valence-corrected chi connectivity index (χ2v) is 11.0. The van der Waals surface area contributed by atoms with E-state index in [1.165, 1.54) is 6.07 Å². The molecule has 0 radical (unpaired) electrons. The van der Waals surface area contributed by atoms with E-state index < -0.39 is 89.5 Å². The molecule has 2 fully saturated rings. The Balaban J connectivity index is 1.69. The zero-order valence-corrected chi connectivity index (χ0v) is 22.3. The van der Waals surface area contributed by atoms with Gasteiger partial charge in [-0.15, -0.1) is 0 Å². The van der Waals surface area contributed by atoms with E-state index >= 15 is 0 Å². The minimum atomic E-state index is -5.38. The average molecular weight is 647 g/mol. The number of benzene rings is 1. The van der Waals surface area contributed by atoms with Gasteiger partial charge >= 0.3 is 18.3 Å². The number of pyridine rings is 1. The van der Waals surface area contributed by atoms with Crippen LogP contribution in [0.3, 0.4) is 0 Å². The van der Waals surface area contributed by atoms with Gasteiger partial charge in [-0.3, -0.25) is 24.2 Å². The number of nitrogens with one attached hydrogen (secondary N) is 1. The van der Waals surface area contributed by atoms with Gasteiger partial charge in [-0.2, -0.15) is 26.3 Å². The summed E-state index contributed by atoms with van der Waals surface area (Å²) in [4.78, 5) is 44.3. The molecule has 226 valence electrons. The van der Waals surface area contributed by atoms with Crippen LogP contribution in [-0.4, -0.2) is 58.3 Å². The van der Waals surface area contributed by atoms with Crippen molar-refractivity contribution in [3.8, 4) is 0 Å². The minimum Gasteiger partial charge on any atom is -0.481 e. The van der Waals surface area contributed by atoms with Gasteiger partial charge in [0.05, 0.1) is 28.7 Å². The molecule has 4 atom stereocenters. The molecule has 0 aliphatic carbocycles. The van der Waals surface area contributed by atoms with E-state index in [4.69, 9.17) is 23.2 Å². The zero-order chi connectivity index (χ0) is 31.3. The second-order valence-electron chi connectivity index (χ2n) is 10.1. The molecule has 8 nitrogen and oxygen atoms in total. The Kier molecular flexibility index (Phi) is 6.75. The fraction of sp³-hybridized carbons (Fsp3) is 0.417. The molecule has 2 aromatic rings. The number of rotatable bonds is 3. The van der Waals surface area contributed by atoms with Crippen LogP contribution < -0.4 is 10.2 Å². The lowest BCUT2D eigenvalue weighted by molar-refractivity contribution is -0.153. The molecule has 1 spiro atoms. The maximum Gasteiger partial charge on any atom is 0.433 e. The summed E-state index contributed by atoms with van der Waals surface area (Å²) in [5.41, 5.74) is -6.69. The van der Waals surface area contributed by atoms with Crippen LogP contribution in [0.2, 0.25) is 10.0 Å². The summed E-state index contributed by atoms with van der Waals surface area (Å²) in [7, 11) is 0.725. The van der Waals surface area contributed by atoms with Crippen LogP contribution in [0.4, 0.5) is 46.6 Å². The van der Waals surface area contributed by atoms with Crippen molar-refractivity contribution in [2.24, 2.45) is 11.8 Å². The summed E-state index contributed by atoms with van der Waals surface area (Å²) in [6.07, 6.45) is -11.8. The molecule has 2 amide bonds. The van der Waals surface area contributed by atoms with Crippen LogP contribution in [0.25, 0.3) is 0 Å². The minimum absolute atomic E-state index is 0.110. The van der Waals surface area contributed by atoms with Crippen LogP contribution in [-0.2, 0) is 32.3 Å². The summed E-state index contributed by atoms with van der Waals surface area (Å²) in [6.45, 7) is -1.20. The number of carboxylic acids is 1. The summed E-state index contributed by atoms with van der Waals surface area (Å²) in [5.74, 6) is -13.4. The Morgan fingerprint density at radius 1 is 1.10 bits per heavy atom. The van der Waals surface area contributed by atoms with Gasteiger partial charge in [-0.25, -0.2) is 13.8 Å². The number of carboxylic acid groups (broad SMARTS) is 1. The summed E-state index contributed by atoms with van der Waals surface area (Å²) in [5, 5.41) is 12.4. The Morgan fingerprint density at radius 2 is 1.74 bits per heavy atom. The molecule has 0 bridgehead atoms. The van der Waals surface area contributed by atoms with E-state index in [0.29, 0.717) is 0 Å². The van der Waals surface area contributed by atoms with E-state index in [2.05, 4.69) is 10.3 Å². The first-order chi connectivity index (χ1) is 19.2. The largest absolute Gasteiger partial charge is 0.481 e. The van der Waals surface area contributed by atoms with E-state index in [0.717, 1.165) is 18.0 Å². The number of anilines is 2. The molecule has 5 rings (SSSR count). The number of aliphatic carboxylic acids is 1. The quantitative estimate of drug-likeness (QED) is 0.440. The number of carbonyl (C=O) groups is 3. The topological polar surface area (TPSA) is 103 Å². The van der Waals surface area contributed by atoms with Gasteiger partial charge in [0.1, 0.15) is 23.0 Å². The maximum absolute atomic E-state index is 14.9. The molecule has 4 unspecified atom stereocenters. The molecule has 3 aliphatic rings. The number of aromatic nitrogens is 1. The van der Waals surface area contributed by atoms with Crippen molar-refractivity contribution in [2.45, 2.75) is 36.3 Å². The molecule has 2 saturated heterocycles. The van der Waals surface area contributed by atoms with E-state index in [-0.39, 0.29) is 38.3 Å². The van der Waals surface area contributed by atoms with Crippen molar-refractivity contribution in [1.29, 1.82) is 0 Å². The number of amides is 2. The predicted octanol–water partition coefficient (Wildman–Crippen LogP) is 5.28. The summed E-state index contributed by atoms with van der Waals surface area (Å²) >= 11 is 12.3. The van der Waals surface area contributed by atoms with Crippen molar-refractivity contribution in [1.82, 2.24) is 9.88 Å². The molecule has 1 aromatic heterocycles. The summed E-state index contributed by atoms with van der Waals surface area (Å²) in [6, 6.07) is 0.462. The van der Waals surface area contributed by atoms with Gasteiger partial charge in [-0.1, -0.05) is 23.2 Å². The Morgan fingerprint density at radius 3 is 2.31 bits per heavy atom.